The van der Waals surface area contributed by atoms with Gasteiger partial charge >= 0.3 is 0 Å². The summed E-state index contributed by atoms with van der Waals surface area (Å²) in [7, 11) is -3.75. The molecule has 1 N–H and O–H groups in total. The van der Waals surface area contributed by atoms with Crippen molar-refractivity contribution in [3.8, 4) is 22.3 Å². The van der Waals surface area contributed by atoms with Gasteiger partial charge in [-0.25, -0.2) is 13.1 Å². The summed E-state index contributed by atoms with van der Waals surface area (Å²) in [6, 6.07) is 8.18. The van der Waals surface area contributed by atoms with Crippen molar-refractivity contribution in [3.05, 3.63) is 41.6 Å². The summed E-state index contributed by atoms with van der Waals surface area (Å²) >= 11 is 1.46. The van der Waals surface area contributed by atoms with Gasteiger partial charge in [-0.3, -0.25) is 0 Å². The molecule has 25 heavy (non-hydrogen) atoms. The summed E-state index contributed by atoms with van der Waals surface area (Å²) in [5.74, 6) is 1.49. The quantitative estimate of drug-likeness (QED) is 0.723. The molecule has 0 fully saturated rings. The third-order valence-corrected chi connectivity index (χ3v) is 5.69. The van der Waals surface area contributed by atoms with E-state index in [1.165, 1.54) is 23.5 Å². The van der Waals surface area contributed by atoms with Crippen LogP contribution >= 0.6 is 11.3 Å². The van der Waals surface area contributed by atoms with Crippen molar-refractivity contribution in [2.75, 3.05) is 13.2 Å². The van der Waals surface area contributed by atoms with Crippen LogP contribution in [0, 0.1) is 0 Å². The lowest BCUT2D eigenvalue weighted by molar-refractivity contribution is 0.171. The molecule has 0 atom stereocenters. The monoisotopic (exact) mass is 379 g/mol. The molecule has 1 aliphatic rings. The molecule has 0 aliphatic carbocycles. The van der Waals surface area contributed by atoms with E-state index in [9.17, 15) is 8.42 Å². The predicted octanol–water partition coefficient (Wildman–Crippen LogP) is 2.05. The maximum Gasteiger partial charge on any atom is 0.257 e. The van der Waals surface area contributed by atoms with Crippen LogP contribution in [0.3, 0.4) is 0 Å². The summed E-state index contributed by atoms with van der Waals surface area (Å²) in [6.07, 6.45) is 0. The first-order chi connectivity index (χ1) is 12.1. The van der Waals surface area contributed by atoms with Crippen LogP contribution in [0.15, 0.2) is 45.0 Å². The molecule has 8 nitrogen and oxygen atoms in total. The Morgan fingerprint density at radius 1 is 1.12 bits per heavy atom. The van der Waals surface area contributed by atoms with Gasteiger partial charge in [-0.1, -0.05) is 6.07 Å². The number of sulfonamides is 1. The molecule has 0 radical (unpaired) electrons. The third-order valence-electron chi connectivity index (χ3n) is 3.44. The molecule has 0 unspecified atom stereocenters. The minimum absolute atomic E-state index is 0.0785. The number of hydrogen-bond acceptors (Lipinski definition) is 8. The van der Waals surface area contributed by atoms with E-state index in [1.807, 2.05) is 17.5 Å². The highest BCUT2D eigenvalue weighted by Gasteiger charge is 2.20. The number of nitrogens with one attached hydrogen (secondary N) is 1. The maximum atomic E-state index is 12.4. The minimum Gasteiger partial charge on any atom is -0.486 e. The highest BCUT2D eigenvalue weighted by molar-refractivity contribution is 7.89. The largest absolute Gasteiger partial charge is 0.486 e. The molecular weight excluding hydrogens is 366 g/mol. The van der Waals surface area contributed by atoms with E-state index in [0.717, 1.165) is 4.88 Å². The van der Waals surface area contributed by atoms with Crippen LogP contribution in [-0.2, 0) is 16.6 Å². The Morgan fingerprint density at radius 3 is 2.76 bits per heavy atom. The van der Waals surface area contributed by atoms with Gasteiger partial charge in [0, 0.05) is 6.07 Å². The first kappa shape index (κ1) is 16.1. The fourth-order valence-electron chi connectivity index (χ4n) is 2.26. The SMILES string of the molecule is O=S(=O)(NCc1nnc(-c2cccs2)o1)c1ccc2c(c1)OCCO2. The first-order valence-electron chi connectivity index (χ1n) is 7.37. The van der Waals surface area contributed by atoms with Crippen LogP contribution in [0.25, 0.3) is 10.8 Å². The summed E-state index contributed by atoms with van der Waals surface area (Å²) in [5, 5.41) is 9.66. The van der Waals surface area contributed by atoms with Crippen LogP contribution in [0.4, 0.5) is 0 Å². The van der Waals surface area contributed by atoms with Crippen molar-refractivity contribution in [3.63, 3.8) is 0 Å². The van der Waals surface area contributed by atoms with Gasteiger partial charge in [0.2, 0.25) is 15.9 Å². The van der Waals surface area contributed by atoms with Crippen molar-refractivity contribution < 1.29 is 22.3 Å². The number of ether oxygens (including phenoxy) is 2. The van der Waals surface area contributed by atoms with E-state index in [0.29, 0.717) is 30.6 Å². The molecule has 3 aromatic rings. The molecule has 10 heteroatoms. The average molecular weight is 379 g/mol. The van der Waals surface area contributed by atoms with Crippen LogP contribution in [0.1, 0.15) is 5.89 Å². The summed E-state index contributed by atoms with van der Waals surface area (Å²) < 4.78 is 43.6. The Bertz CT molecular complexity index is 983. The average Bonchev–Trinajstić information content (AvgIpc) is 3.31. The van der Waals surface area contributed by atoms with Gasteiger partial charge in [-0.15, -0.1) is 21.5 Å². The lowest BCUT2D eigenvalue weighted by Gasteiger charge is -2.18. The number of fused-ring (bicyclic) bond motifs is 1. The Kier molecular flexibility index (Phi) is 4.15. The molecule has 0 spiro atoms. The van der Waals surface area contributed by atoms with Gasteiger partial charge in [0.15, 0.2) is 11.5 Å². The van der Waals surface area contributed by atoms with E-state index in [1.54, 1.807) is 6.07 Å². The standard InChI is InChI=1S/C15H13N3O5S2/c19-25(20,10-3-4-11-12(8-10)22-6-5-21-11)16-9-14-17-18-15(23-14)13-2-1-7-24-13/h1-4,7-8,16H,5-6,9H2. The summed E-state index contributed by atoms with van der Waals surface area (Å²) in [4.78, 5) is 0.906. The molecule has 0 amide bonds. The second-order valence-corrected chi connectivity index (χ2v) is 7.82. The Labute approximate surface area is 147 Å². The molecule has 0 saturated heterocycles. The minimum atomic E-state index is -3.75. The second-order valence-electron chi connectivity index (χ2n) is 5.11. The van der Waals surface area contributed by atoms with Gasteiger partial charge in [-0.2, -0.15) is 0 Å². The Hall–Kier alpha value is -2.43. The predicted molar refractivity (Wildman–Crippen MR) is 89.1 cm³/mol. The van der Waals surface area contributed by atoms with Gasteiger partial charge in [0.05, 0.1) is 16.3 Å². The maximum absolute atomic E-state index is 12.4. The van der Waals surface area contributed by atoms with E-state index in [-0.39, 0.29) is 17.3 Å². The highest BCUT2D eigenvalue weighted by Crippen LogP contribution is 2.32. The second kappa shape index (κ2) is 6.47. The van der Waals surface area contributed by atoms with Crippen molar-refractivity contribution in [1.29, 1.82) is 0 Å². The van der Waals surface area contributed by atoms with E-state index >= 15 is 0 Å². The number of nitrogens with zero attached hydrogens (tertiary/aromatic N) is 2. The van der Waals surface area contributed by atoms with Crippen LogP contribution in [-0.4, -0.2) is 31.8 Å². The first-order valence-corrected chi connectivity index (χ1v) is 9.74. The zero-order chi connectivity index (χ0) is 17.3. The van der Waals surface area contributed by atoms with Crippen LogP contribution in [0.5, 0.6) is 11.5 Å². The fourth-order valence-corrected chi connectivity index (χ4v) is 3.89. The number of rotatable bonds is 5. The van der Waals surface area contributed by atoms with Gasteiger partial charge in [0.1, 0.15) is 13.2 Å². The van der Waals surface area contributed by atoms with Gasteiger partial charge in [0.25, 0.3) is 5.89 Å². The molecular formula is C15H13N3O5S2. The number of thiophene rings is 1. The van der Waals surface area contributed by atoms with Crippen LogP contribution < -0.4 is 14.2 Å². The van der Waals surface area contributed by atoms with Crippen molar-refractivity contribution >= 4 is 21.4 Å². The number of benzene rings is 1. The molecule has 130 valence electrons. The Morgan fingerprint density at radius 2 is 1.96 bits per heavy atom. The van der Waals surface area contributed by atoms with E-state index < -0.39 is 10.0 Å². The molecule has 0 bridgehead atoms. The lowest BCUT2D eigenvalue weighted by Crippen LogP contribution is -2.24. The van der Waals surface area contributed by atoms with Gasteiger partial charge < -0.3 is 13.9 Å². The fraction of sp³-hybridized carbons (Fsp3) is 0.200. The smallest absolute Gasteiger partial charge is 0.257 e. The van der Waals surface area contributed by atoms with E-state index in [2.05, 4.69) is 14.9 Å². The topological polar surface area (TPSA) is 104 Å². The van der Waals surface area contributed by atoms with Gasteiger partial charge in [-0.05, 0) is 23.6 Å². The van der Waals surface area contributed by atoms with Crippen LogP contribution in [0.2, 0.25) is 0 Å². The van der Waals surface area contributed by atoms with E-state index in [4.69, 9.17) is 13.9 Å². The molecule has 4 rings (SSSR count). The number of hydrogen-bond donors (Lipinski definition) is 1. The van der Waals surface area contributed by atoms with Crippen molar-refractivity contribution in [2.24, 2.45) is 0 Å². The molecule has 2 aromatic heterocycles. The molecule has 1 aromatic carbocycles. The molecule has 3 heterocycles. The zero-order valence-electron chi connectivity index (χ0n) is 12.8. The summed E-state index contributed by atoms with van der Waals surface area (Å²) in [6.45, 7) is 0.730. The zero-order valence-corrected chi connectivity index (χ0v) is 14.5. The number of aromatic nitrogens is 2. The highest BCUT2D eigenvalue weighted by atomic mass is 32.2. The molecule has 0 saturated carbocycles. The third kappa shape index (κ3) is 3.36. The molecule has 1 aliphatic heterocycles. The summed E-state index contributed by atoms with van der Waals surface area (Å²) in [5.41, 5.74) is 0. The normalized spacial score (nSPS) is 13.8. The Balaban J connectivity index is 1.48. The van der Waals surface area contributed by atoms with Crippen molar-refractivity contribution in [2.45, 2.75) is 11.4 Å². The lowest BCUT2D eigenvalue weighted by atomic mass is 10.3. The van der Waals surface area contributed by atoms with Crippen molar-refractivity contribution in [1.82, 2.24) is 14.9 Å².